The summed E-state index contributed by atoms with van der Waals surface area (Å²) in [4.78, 5) is 3.33. The van der Waals surface area contributed by atoms with Crippen LogP contribution in [0.25, 0.3) is 16.6 Å². The van der Waals surface area contributed by atoms with Crippen LogP contribution < -0.4 is 10.1 Å². The topological polar surface area (TPSA) is 62.2 Å². The van der Waals surface area contributed by atoms with E-state index in [2.05, 4.69) is 48.5 Å². The van der Waals surface area contributed by atoms with Gasteiger partial charge in [-0.3, -0.25) is 0 Å². The summed E-state index contributed by atoms with van der Waals surface area (Å²) in [6.07, 6.45) is 6.29. The van der Waals surface area contributed by atoms with E-state index in [1.54, 1.807) is 0 Å². The molecule has 30 heavy (non-hydrogen) atoms. The summed E-state index contributed by atoms with van der Waals surface area (Å²) in [5, 5.41) is 15.2. The molecule has 0 spiro atoms. The van der Waals surface area contributed by atoms with Crippen LogP contribution in [-0.4, -0.2) is 39.5 Å². The van der Waals surface area contributed by atoms with E-state index in [1.807, 2.05) is 59.4 Å². The Kier molecular flexibility index (Phi) is 5.93. The maximum atomic E-state index is 10.5. The largest absolute Gasteiger partial charge is 0.489 e. The Balaban J connectivity index is 1.32. The number of aromatic nitrogens is 2. The van der Waals surface area contributed by atoms with Crippen molar-refractivity contribution >= 4 is 10.9 Å². The van der Waals surface area contributed by atoms with Crippen LogP contribution in [0.15, 0.2) is 79.3 Å². The SMILES string of the molecule is CC(C)(Cc1c[nH]c2ccccc12)NCC(O)COc1ccccc1-n1cccc1. The van der Waals surface area contributed by atoms with Crippen LogP contribution in [0.5, 0.6) is 5.75 Å². The Morgan fingerprint density at radius 1 is 1.03 bits per heavy atom. The third kappa shape index (κ3) is 4.75. The number of nitrogens with zero attached hydrogens (tertiary/aromatic N) is 1. The Bertz CT molecular complexity index is 1080. The minimum absolute atomic E-state index is 0.158. The molecule has 0 amide bonds. The van der Waals surface area contributed by atoms with Crippen LogP contribution in [0, 0.1) is 0 Å². The van der Waals surface area contributed by atoms with Crippen LogP contribution in [-0.2, 0) is 6.42 Å². The van der Waals surface area contributed by atoms with Crippen LogP contribution in [0.4, 0.5) is 0 Å². The second-order valence-corrected chi connectivity index (χ2v) is 8.32. The number of β-amino-alcohol motifs (C(OH)–C–C–N with tert-alkyl or cyclic N) is 1. The van der Waals surface area contributed by atoms with Gasteiger partial charge in [0.25, 0.3) is 0 Å². The summed E-state index contributed by atoms with van der Waals surface area (Å²) in [6.45, 7) is 5.00. The molecule has 1 unspecified atom stereocenters. The lowest BCUT2D eigenvalue weighted by Gasteiger charge is -2.28. The first-order chi connectivity index (χ1) is 14.5. The second kappa shape index (κ2) is 8.78. The van der Waals surface area contributed by atoms with Gasteiger partial charge in [-0.2, -0.15) is 0 Å². The van der Waals surface area contributed by atoms with E-state index >= 15 is 0 Å². The van der Waals surface area contributed by atoms with Gasteiger partial charge in [0, 0.05) is 41.6 Å². The maximum Gasteiger partial charge on any atom is 0.143 e. The molecule has 0 saturated carbocycles. The molecule has 1 atom stereocenters. The van der Waals surface area contributed by atoms with E-state index in [-0.39, 0.29) is 12.1 Å². The summed E-state index contributed by atoms with van der Waals surface area (Å²) in [5.74, 6) is 0.755. The zero-order valence-corrected chi connectivity index (χ0v) is 17.5. The summed E-state index contributed by atoms with van der Waals surface area (Å²) >= 11 is 0. The number of aromatic amines is 1. The number of ether oxygens (including phenoxy) is 1. The number of benzene rings is 2. The zero-order chi connectivity index (χ0) is 21.0. The van der Waals surface area contributed by atoms with Crippen molar-refractivity contribution in [2.75, 3.05) is 13.2 Å². The monoisotopic (exact) mass is 403 g/mol. The fraction of sp³-hybridized carbons (Fsp3) is 0.280. The van der Waals surface area contributed by atoms with E-state index in [4.69, 9.17) is 4.74 Å². The third-order valence-electron chi connectivity index (χ3n) is 5.30. The van der Waals surface area contributed by atoms with Crippen molar-refractivity contribution < 1.29 is 9.84 Å². The van der Waals surface area contributed by atoms with Crippen LogP contribution in [0.1, 0.15) is 19.4 Å². The summed E-state index contributed by atoms with van der Waals surface area (Å²) in [6, 6.07) is 20.1. The first kappa shape index (κ1) is 20.3. The molecular formula is C25H29N3O2. The van der Waals surface area contributed by atoms with Crippen molar-refractivity contribution in [3.05, 3.63) is 84.8 Å². The quantitative estimate of drug-likeness (QED) is 0.390. The molecule has 0 bridgehead atoms. The highest BCUT2D eigenvalue weighted by Gasteiger charge is 2.21. The lowest BCUT2D eigenvalue weighted by Crippen LogP contribution is -2.46. The van der Waals surface area contributed by atoms with E-state index in [0.29, 0.717) is 6.54 Å². The molecule has 0 fully saturated rings. The molecule has 3 N–H and O–H groups in total. The average Bonchev–Trinajstić information content (AvgIpc) is 3.42. The Labute approximate surface area is 177 Å². The van der Waals surface area contributed by atoms with Gasteiger partial charge < -0.3 is 24.7 Å². The normalized spacial score (nSPS) is 12.9. The summed E-state index contributed by atoms with van der Waals surface area (Å²) < 4.78 is 7.94. The zero-order valence-electron chi connectivity index (χ0n) is 17.5. The number of H-pyrrole nitrogens is 1. The van der Waals surface area contributed by atoms with Crippen molar-refractivity contribution in [1.82, 2.24) is 14.9 Å². The molecule has 0 saturated heterocycles. The second-order valence-electron chi connectivity index (χ2n) is 8.32. The molecule has 2 heterocycles. The molecule has 0 aliphatic rings. The molecule has 156 valence electrons. The highest BCUT2D eigenvalue weighted by atomic mass is 16.5. The first-order valence-electron chi connectivity index (χ1n) is 10.4. The van der Waals surface area contributed by atoms with Crippen LogP contribution in [0.2, 0.25) is 0 Å². The molecule has 2 aromatic carbocycles. The number of aliphatic hydroxyl groups is 1. The Hall–Kier alpha value is -3.02. The van der Waals surface area contributed by atoms with Crippen molar-refractivity contribution in [2.24, 2.45) is 0 Å². The van der Waals surface area contributed by atoms with Gasteiger partial charge in [-0.05, 0) is 56.2 Å². The van der Waals surface area contributed by atoms with E-state index in [0.717, 1.165) is 23.4 Å². The first-order valence-corrected chi connectivity index (χ1v) is 10.4. The fourth-order valence-corrected chi connectivity index (χ4v) is 3.74. The molecule has 4 rings (SSSR count). The van der Waals surface area contributed by atoms with Gasteiger partial charge in [0.2, 0.25) is 0 Å². The van der Waals surface area contributed by atoms with Crippen molar-refractivity contribution in [3.63, 3.8) is 0 Å². The Morgan fingerprint density at radius 3 is 2.60 bits per heavy atom. The molecule has 2 aromatic heterocycles. The minimum atomic E-state index is -0.607. The fourth-order valence-electron chi connectivity index (χ4n) is 3.74. The van der Waals surface area contributed by atoms with Crippen molar-refractivity contribution in [3.8, 4) is 11.4 Å². The smallest absolute Gasteiger partial charge is 0.143 e. The molecule has 0 aliphatic carbocycles. The van der Waals surface area contributed by atoms with E-state index in [9.17, 15) is 5.11 Å². The van der Waals surface area contributed by atoms with E-state index in [1.165, 1.54) is 10.9 Å². The van der Waals surface area contributed by atoms with Gasteiger partial charge in [-0.15, -0.1) is 0 Å². The number of para-hydroxylation sites is 3. The molecule has 5 nitrogen and oxygen atoms in total. The average molecular weight is 404 g/mol. The van der Waals surface area contributed by atoms with E-state index < -0.39 is 6.10 Å². The van der Waals surface area contributed by atoms with Gasteiger partial charge in [-0.25, -0.2) is 0 Å². The maximum absolute atomic E-state index is 10.5. The van der Waals surface area contributed by atoms with Crippen LogP contribution >= 0.6 is 0 Å². The molecular weight excluding hydrogens is 374 g/mol. The molecule has 5 heteroatoms. The lowest BCUT2D eigenvalue weighted by atomic mass is 9.94. The molecule has 4 aromatic rings. The summed E-state index contributed by atoms with van der Waals surface area (Å²) in [5.41, 5.74) is 3.23. The van der Waals surface area contributed by atoms with Gasteiger partial charge >= 0.3 is 0 Å². The van der Waals surface area contributed by atoms with Gasteiger partial charge in [0.1, 0.15) is 18.5 Å². The van der Waals surface area contributed by atoms with Gasteiger partial charge in [0.15, 0.2) is 0 Å². The van der Waals surface area contributed by atoms with Crippen LogP contribution in [0.3, 0.4) is 0 Å². The number of aliphatic hydroxyl groups excluding tert-OH is 1. The number of fused-ring (bicyclic) bond motifs is 1. The number of hydrogen-bond donors (Lipinski definition) is 3. The Morgan fingerprint density at radius 2 is 1.77 bits per heavy atom. The minimum Gasteiger partial charge on any atom is -0.489 e. The third-order valence-corrected chi connectivity index (χ3v) is 5.30. The number of hydrogen-bond acceptors (Lipinski definition) is 3. The van der Waals surface area contributed by atoms with Crippen molar-refractivity contribution in [1.29, 1.82) is 0 Å². The number of nitrogens with one attached hydrogen (secondary N) is 2. The standard InChI is InChI=1S/C25H29N3O2/c1-25(2,15-19-16-26-22-10-4-3-9-21(19)22)27-17-20(29)18-30-24-12-6-5-11-23(24)28-13-7-8-14-28/h3-14,16,20,26-27,29H,15,17-18H2,1-2H3. The lowest BCUT2D eigenvalue weighted by molar-refractivity contribution is 0.0988. The predicted molar refractivity (Wildman–Crippen MR) is 121 cm³/mol. The highest BCUT2D eigenvalue weighted by Crippen LogP contribution is 2.24. The van der Waals surface area contributed by atoms with Gasteiger partial charge in [-0.1, -0.05) is 30.3 Å². The van der Waals surface area contributed by atoms with Gasteiger partial charge in [0.05, 0.1) is 5.69 Å². The molecule has 0 aliphatic heterocycles. The summed E-state index contributed by atoms with van der Waals surface area (Å²) in [7, 11) is 0. The predicted octanol–water partition coefficient (Wildman–Crippen LogP) is 4.31. The van der Waals surface area contributed by atoms with Crippen molar-refractivity contribution in [2.45, 2.75) is 31.9 Å². The molecule has 0 radical (unpaired) electrons. The number of rotatable bonds is 9. The highest BCUT2D eigenvalue weighted by molar-refractivity contribution is 5.83.